The van der Waals surface area contributed by atoms with Gasteiger partial charge in [0.1, 0.15) is 17.1 Å². The van der Waals surface area contributed by atoms with Crippen LogP contribution in [0.2, 0.25) is 13.1 Å². The summed E-state index contributed by atoms with van der Waals surface area (Å²) in [6.45, 7) is 15.0. The van der Waals surface area contributed by atoms with Crippen LogP contribution in [-0.4, -0.2) is 14.6 Å². The summed E-state index contributed by atoms with van der Waals surface area (Å²) in [6, 6.07) is 0. The molecule has 0 bridgehead atoms. The van der Waals surface area contributed by atoms with Crippen LogP contribution in [0.15, 0.2) is 23.8 Å². The maximum Gasteiger partial charge on any atom is 0.266 e. The maximum absolute atomic E-state index is 12.1. The molecule has 162 valence electrons. The van der Waals surface area contributed by atoms with Crippen molar-refractivity contribution in [1.29, 1.82) is 0 Å². The molecule has 0 spiro atoms. The zero-order valence-corrected chi connectivity index (χ0v) is 20.2. The summed E-state index contributed by atoms with van der Waals surface area (Å²) in [5.74, 6) is 2.10. The number of rotatable bonds is 8. The molecule has 1 atom stereocenters. The van der Waals surface area contributed by atoms with Gasteiger partial charge in [0.05, 0.1) is 0 Å². The van der Waals surface area contributed by atoms with Gasteiger partial charge in [-0.15, -0.1) is 0 Å². The zero-order chi connectivity index (χ0) is 21.8. The SMILES string of the molecule is CC(=CCCC1(C)CCc2c(C)c(O[SiH](C)C)c(C)c(C)c2O1)CCC=C(F)F. The predicted octanol–water partition coefficient (Wildman–Crippen LogP) is 7.34. The summed E-state index contributed by atoms with van der Waals surface area (Å²) >= 11 is 0. The van der Waals surface area contributed by atoms with Gasteiger partial charge in [-0.05, 0) is 109 Å². The van der Waals surface area contributed by atoms with E-state index in [2.05, 4.69) is 46.9 Å². The van der Waals surface area contributed by atoms with Gasteiger partial charge in [0.2, 0.25) is 9.04 Å². The predicted molar refractivity (Wildman–Crippen MR) is 120 cm³/mol. The molecular weight excluding hydrogens is 386 g/mol. The Morgan fingerprint density at radius 2 is 1.79 bits per heavy atom. The highest BCUT2D eigenvalue weighted by Crippen LogP contribution is 2.45. The number of allylic oxidation sites excluding steroid dienone is 3. The van der Waals surface area contributed by atoms with E-state index in [1.54, 1.807) is 0 Å². The third-order valence-electron chi connectivity index (χ3n) is 5.92. The van der Waals surface area contributed by atoms with Gasteiger partial charge >= 0.3 is 0 Å². The topological polar surface area (TPSA) is 18.5 Å². The van der Waals surface area contributed by atoms with Crippen LogP contribution in [0.1, 0.15) is 68.2 Å². The second kappa shape index (κ2) is 9.92. The third-order valence-corrected chi connectivity index (χ3v) is 6.63. The van der Waals surface area contributed by atoms with Crippen LogP contribution in [0.25, 0.3) is 0 Å². The quantitative estimate of drug-likeness (QED) is 0.322. The smallest absolute Gasteiger partial charge is 0.266 e. The average Bonchev–Trinajstić information content (AvgIpc) is 2.63. The molecule has 1 unspecified atom stereocenters. The summed E-state index contributed by atoms with van der Waals surface area (Å²) in [7, 11) is -1.17. The van der Waals surface area contributed by atoms with Crippen LogP contribution in [0.4, 0.5) is 8.78 Å². The van der Waals surface area contributed by atoms with E-state index in [9.17, 15) is 8.78 Å². The minimum Gasteiger partial charge on any atom is -0.547 e. The highest BCUT2D eigenvalue weighted by molar-refractivity contribution is 6.49. The molecule has 29 heavy (non-hydrogen) atoms. The van der Waals surface area contributed by atoms with Gasteiger partial charge in [0.25, 0.3) is 6.08 Å². The molecule has 5 heteroatoms. The van der Waals surface area contributed by atoms with Gasteiger partial charge in [-0.1, -0.05) is 11.6 Å². The van der Waals surface area contributed by atoms with E-state index < -0.39 is 15.1 Å². The lowest BCUT2D eigenvalue weighted by Gasteiger charge is -2.38. The molecule has 0 N–H and O–H groups in total. The van der Waals surface area contributed by atoms with E-state index in [0.29, 0.717) is 12.8 Å². The van der Waals surface area contributed by atoms with Crippen LogP contribution in [-0.2, 0) is 6.42 Å². The van der Waals surface area contributed by atoms with Crippen molar-refractivity contribution < 1.29 is 17.9 Å². The summed E-state index contributed by atoms with van der Waals surface area (Å²) in [5, 5.41) is 0. The normalized spacial score (nSPS) is 19.0. The molecule has 0 radical (unpaired) electrons. The van der Waals surface area contributed by atoms with Crippen molar-refractivity contribution in [1.82, 2.24) is 0 Å². The minimum atomic E-state index is -1.59. The summed E-state index contributed by atoms with van der Waals surface area (Å²) in [6.07, 6.45) is 6.44. The highest BCUT2D eigenvalue weighted by atomic mass is 28.3. The molecule has 2 nitrogen and oxygen atoms in total. The first kappa shape index (κ1) is 23.7. The van der Waals surface area contributed by atoms with Crippen LogP contribution in [0.5, 0.6) is 11.5 Å². The lowest BCUT2D eigenvalue weighted by molar-refractivity contribution is 0.0559. The number of halogens is 2. The average molecular weight is 423 g/mol. The van der Waals surface area contributed by atoms with Gasteiger partial charge in [0.15, 0.2) is 0 Å². The Morgan fingerprint density at radius 3 is 2.41 bits per heavy atom. The molecule has 0 aliphatic carbocycles. The Morgan fingerprint density at radius 1 is 1.10 bits per heavy atom. The summed E-state index contributed by atoms with van der Waals surface area (Å²) in [5.41, 5.74) is 5.86. The van der Waals surface area contributed by atoms with Gasteiger partial charge < -0.3 is 9.16 Å². The minimum absolute atomic E-state index is 0.201. The van der Waals surface area contributed by atoms with Crippen LogP contribution in [0.3, 0.4) is 0 Å². The van der Waals surface area contributed by atoms with E-state index in [-0.39, 0.29) is 5.60 Å². The molecule has 1 aromatic carbocycles. The van der Waals surface area contributed by atoms with Crippen LogP contribution in [0, 0.1) is 20.8 Å². The molecule has 1 aromatic rings. The summed E-state index contributed by atoms with van der Waals surface area (Å²) < 4.78 is 37.1. The van der Waals surface area contributed by atoms with Crippen molar-refractivity contribution in [3.63, 3.8) is 0 Å². The molecule has 1 heterocycles. The number of ether oxygens (including phenoxy) is 1. The lowest BCUT2D eigenvalue weighted by atomic mass is 9.85. The number of fused-ring (bicyclic) bond motifs is 1. The van der Waals surface area contributed by atoms with E-state index in [4.69, 9.17) is 9.16 Å². The van der Waals surface area contributed by atoms with Gasteiger partial charge in [0, 0.05) is 5.56 Å². The standard InChI is InChI=1S/C24H36F2O2Si/c1-16(10-8-12-21(25)26)11-9-14-24(5)15-13-20-19(4)22(28-29(6)7)17(2)18(3)23(20)27-24/h11-12,29H,8-10,13-15H2,1-7H3. The van der Waals surface area contributed by atoms with Crippen LogP contribution >= 0.6 is 0 Å². The Labute approximate surface area is 176 Å². The second-order valence-electron chi connectivity index (χ2n) is 8.85. The zero-order valence-electron chi connectivity index (χ0n) is 19.0. The molecule has 0 aromatic heterocycles. The second-order valence-corrected chi connectivity index (χ2v) is 11.2. The number of benzene rings is 1. The fourth-order valence-electron chi connectivity index (χ4n) is 4.00. The molecule has 2 rings (SSSR count). The molecule has 0 amide bonds. The van der Waals surface area contributed by atoms with Gasteiger partial charge in [-0.3, -0.25) is 0 Å². The van der Waals surface area contributed by atoms with Crippen molar-refractivity contribution in [2.75, 3.05) is 0 Å². The van der Waals surface area contributed by atoms with E-state index >= 15 is 0 Å². The Balaban J connectivity index is 2.10. The van der Waals surface area contributed by atoms with Gasteiger partial charge in [-0.2, -0.15) is 8.78 Å². The largest absolute Gasteiger partial charge is 0.547 e. The Kier molecular flexibility index (Phi) is 8.09. The maximum atomic E-state index is 12.1. The fraction of sp³-hybridized carbons (Fsp3) is 0.583. The molecule has 1 aliphatic heterocycles. The molecule has 0 saturated heterocycles. The molecule has 0 saturated carbocycles. The first-order valence-electron chi connectivity index (χ1n) is 10.7. The van der Waals surface area contributed by atoms with Gasteiger partial charge in [-0.25, -0.2) is 0 Å². The number of hydrogen-bond acceptors (Lipinski definition) is 2. The number of hydrogen-bond donors (Lipinski definition) is 0. The Bertz CT molecular complexity index is 795. The molecule has 1 aliphatic rings. The molecule has 0 fully saturated rings. The van der Waals surface area contributed by atoms with E-state index in [0.717, 1.165) is 48.8 Å². The lowest BCUT2D eigenvalue weighted by Crippen LogP contribution is -2.37. The first-order valence-corrected chi connectivity index (χ1v) is 13.5. The Hall–Kier alpha value is -1.62. The van der Waals surface area contributed by atoms with Crippen molar-refractivity contribution in [2.45, 2.75) is 91.8 Å². The van der Waals surface area contributed by atoms with E-state index in [1.807, 2.05) is 6.92 Å². The monoisotopic (exact) mass is 422 g/mol. The summed E-state index contributed by atoms with van der Waals surface area (Å²) in [4.78, 5) is 0. The van der Waals surface area contributed by atoms with Crippen molar-refractivity contribution in [2.24, 2.45) is 0 Å². The van der Waals surface area contributed by atoms with Crippen molar-refractivity contribution >= 4 is 9.04 Å². The molecular formula is C24H36F2O2Si. The van der Waals surface area contributed by atoms with Crippen molar-refractivity contribution in [3.05, 3.63) is 46.1 Å². The fourth-order valence-corrected chi connectivity index (χ4v) is 4.83. The van der Waals surface area contributed by atoms with Crippen molar-refractivity contribution in [3.8, 4) is 11.5 Å². The third kappa shape index (κ3) is 6.18. The van der Waals surface area contributed by atoms with E-state index in [1.165, 1.54) is 22.3 Å². The van der Waals surface area contributed by atoms with Crippen LogP contribution < -0.4 is 9.16 Å². The first-order chi connectivity index (χ1) is 13.5. The highest BCUT2D eigenvalue weighted by Gasteiger charge is 2.34.